The van der Waals surface area contributed by atoms with Gasteiger partial charge in [-0.2, -0.15) is 0 Å². The Hall–Kier alpha value is -1.99. The van der Waals surface area contributed by atoms with Crippen molar-refractivity contribution < 1.29 is 14.2 Å². The summed E-state index contributed by atoms with van der Waals surface area (Å²) in [6.07, 6.45) is 0. The quantitative estimate of drug-likeness (QED) is 0.541. The van der Waals surface area contributed by atoms with E-state index in [0.29, 0.717) is 18.6 Å². The third-order valence-corrected chi connectivity index (χ3v) is 5.09. The normalized spacial score (nSPS) is 19.2. The maximum Gasteiger partial charge on any atom is 0.194 e. The molecular formula is C21H36N4O3. The molecule has 0 radical (unpaired) electrons. The molecule has 7 heteroatoms. The first-order valence-corrected chi connectivity index (χ1v) is 10.0. The predicted octanol–water partition coefficient (Wildman–Crippen LogP) is 2.21. The lowest BCUT2D eigenvalue weighted by atomic mass is 10.2. The standard InChI is InChI=1S/C21H36N4O3/c1-7-22-21(23-13-16(2)25-10-11-28-15-17(25)3)24(4)14-18-8-9-19(26-5)12-20(18)27-6/h8-9,12,16-17H,7,10-11,13-15H2,1-6H3,(H,22,23). The predicted molar refractivity (Wildman–Crippen MR) is 113 cm³/mol. The van der Waals surface area contributed by atoms with Crippen LogP contribution in [0, 0.1) is 0 Å². The molecule has 1 aromatic carbocycles. The average Bonchev–Trinajstić information content (AvgIpc) is 2.71. The summed E-state index contributed by atoms with van der Waals surface area (Å²) in [5.41, 5.74) is 1.09. The fourth-order valence-corrected chi connectivity index (χ4v) is 3.50. The largest absolute Gasteiger partial charge is 0.497 e. The Labute approximate surface area is 169 Å². The number of guanidine groups is 1. The summed E-state index contributed by atoms with van der Waals surface area (Å²) in [4.78, 5) is 9.50. The van der Waals surface area contributed by atoms with Gasteiger partial charge < -0.3 is 24.4 Å². The van der Waals surface area contributed by atoms with Crippen molar-refractivity contribution in [2.24, 2.45) is 4.99 Å². The van der Waals surface area contributed by atoms with Crippen LogP contribution in [0.2, 0.25) is 0 Å². The van der Waals surface area contributed by atoms with Crippen molar-refractivity contribution in [2.45, 2.75) is 39.4 Å². The Bertz CT molecular complexity index is 638. The van der Waals surface area contributed by atoms with Crippen LogP contribution in [0.1, 0.15) is 26.3 Å². The van der Waals surface area contributed by atoms with Crippen molar-refractivity contribution in [1.82, 2.24) is 15.1 Å². The number of methoxy groups -OCH3 is 2. The molecule has 7 nitrogen and oxygen atoms in total. The van der Waals surface area contributed by atoms with E-state index in [0.717, 1.165) is 55.9 Å². The van der Waals surface area contributed by atoms with Crippen molar-refractivity contribution >= 4 is 5.96 Å². The molecule has 2 rings (SSSR count). The molecule has 1 fully saturated rings. The van der Waals surface area contributed by atoms with Gasteiger partial charge in [0, 0.05) is 50.4 Å². The van der Waals surface area contributed by atoms with Gasteiger partial charge in [-0.05, 0) is 32.9 Å². The van der Waals surface area contributed by atoms with Crippen LogP contribution in [0.5, 0.6) is 11.5 Å². The molecule has 2 unspecified atom stereocenters. The second-order valence-electron chi connectivity index (χ2n) is 7.24. The number of nitrogens with zero attached hydrogens (tertiary/aromatic N) is 3. The monoisotopic (exact) mass is 392 g/mol. The lowest BCUT2D eigenvalue weighted by Crippen LogP contribution is -2.49. The summed E-state index contributed by atoms with van der Waals surface area (Å²) in [5, 5.41) is 3.40. The number of hydrogen-bond acceptors (Lipinski definition) is 5. The Balaban J connectivity index is 2.06. The van der Waals surface area contributed by atoms with Gasteiger partial charge in [0.1, 0.15) is 11.5 Å². The van der Waals surface area contributed by atoms with Crippen LogP contribution in [-0.4, -0.2) is 82.0 Å². The van der Waals surface area contributed by atoms with Crippen molar-refractivity contribution in [2.75, 3.05) is 54.1 Å². The van der Waals surface area contributed by atoms with Gasteiger partial charge in [0.25, 0.3) is 0 Å². The van der Waals surface area contributed by atoms with E-state index in [2.05, 4.69) is 35.9 Å². The fourth-order valence-electron chi connectivity index (χ4n) is 3.50. The molecule has 0 spiro atoms. The highest BCUT2D eigenvalue weighted by atomic mass is 16.5. The van der Waals surface area contributed by atoms with E-state index in [1.165, 1.54) is 0 Å². The van der Waals surface area contributed by atoms with Crippen LogP contribution in [0.3, 0.4) is 0 Å². The molecule has 1 N–H and O–H groups in total. The van der Waals surface area contributed by atoms with Crippen molar-refractivity contribution in [1.29, 1.82) is 0 Å². The van der Waals surface area contributed by atoms with E-state index < -0.39 is 0 Å². The maximum atomic E-state index is 5.55. The smallest absolute Gasteiger partial charge is 0.194 e. The molecule has 1 saturated heterocycles. The Morgan fingerprint density at radius 2 is 2.18 bits per heavy atom. The van der Waals surface area contributed by atoms with Crippen LogP contribution in [0.4, 0.5) is 0 Å². The van der Waals surface area contributed by atoms with E-state index in [1.54, 1.807) is 14.2 Å². The van der Waals surface area contributed by atoms with Crippen LogP contribution < -0.4 is 14.8 Å². The average molecular weight is 393 g/mol. The summed E-state index contributed by atoms with van der Waals surface area (Å²) in [5.74, 6) is 2.50. The third-order valence-electron chi connectivity index (χ3n) is 5.09. The van der Waals surface area contributed by atoms with E-state index in [9.17, 15) is 0 Å². The van der Waals surface area contributed by atoms with Gasteiger partial charge in [-0.15, -0.1) is 0 Å². The number of ether oxygens (including phenoxy) is 3. The first kappa shape index (κ1) is 22.3. The second kappa shape index (κ2) is 11.1. The summed E-state index contributed by atoms with van der Waals surface area (Å²) in [7, 11) is 5.39. The molecule has 1 aromatic rings. The first-order chi connectivity index (χ1) is 13.5. The zero-order chi connectivity index (χ0) is 20.5. The number of nitrogens with one attached hydrogen (secondary N) is 1. The molecule has 0 bridgehead atoms. The van der Waals surface area contributed by atoms with Crippen molar-refractivity contribution in [3.63, 3.8) is 0 Å². The van der Waals surface area contributed by atoms with Crippen LogP contribution in [-0.2, 0) is 11.3 Å². The van der Waals surface area contributed by atoms with E-state index in [4.69, 9.17) is 19.2 Å². The van der Waals surface area contributed by atoms with Gasteiger partial charge in [-0.1, -0.05) is 0 Å². The number of hydrogen-bond donors (Lipinski definition) is 1. The minimum absolute atomic E-state index is 0.372. The van der Waals surface area contributed by atoms with Crippen molar-refractivity contribution in [3.8, 4) is 11.5 Å². The molecule has 1 aliphatic heterocycles. The van der Waals surface area contributed by atoms with Gasteiger partial charge >= 0.3 is 0 Å². The lowest BCUT2D eigenvalue weighted by Gasteiger charge is -2.37. The number of aliphatic imine (C=N–C) groups is 1. The van der Waals surface area contributed by atoms with Crippen LogP contribution >= 0.6 is 0 Å². The molecular weight excluding hydrogens is 356 g/mol. The molecule has 0 saturated carbocycles. The molecule has 158 valence electrons. The van der Waals surface area contributed by atoms with Gasteiger partial charge in [-0.25, -0.2) is 0 Å². The minimum atomic E-state index is 0.372. The minimum Gasteiger partial charge on any atom is -0.497 e. The van der Waals surface area contributed by atoms with Gasteiger partial charge in [0.15, 0.2) is 5.96 Å². The summed E-state index contributed by atoms with van der Waals surface area (Å²) in [6, 6.07) is 6.71. The number of rotatable bonds is 8. The molecule has 0 aromatic heterocycles. The molecule has 28 heavy (non-hydrogen) atoms. The number of morpholine rings is 1. The van der Waals surface area contributed by atoms with Crippen molar-refractivity contribution in [3.05, 3.63) is 23.8 Å². The molecule has 0 aliphatic carbocycles. The zero-order valence-electron chi connectivity index (χ0n) is 18.2. The van der Waals surface area contributed by atoms with Crippen LogP contribution in [0.15, 0.2) is 23.2 Å². The molecule has 2 atom stereocenters. The number of benzene rings is 1. The first-order valence-electron chi connectivity index (χ1n) is 10.0. The van der Waals surface area contributed by atoms with Gasteiger partial charge in [0.05, 0.1) is 34.0 Å². The highest BCUT2D eigenvalue weighted by molar-refractivity contribution is 5.79. The molecule has 1 aliphatic rings. The van der Waals surface area contributed by atoms with Gasteiger partial charge in [0.2, 0.25) is 0 Å². The molecule has 0 amide bonds. The lowest BCUT2D eigenvalue weighted by molar-refractivity contribution is -0.0166. The van der Waals surface area contributed by atoms with E-state index >= 15 is 0 Å². The Morgan fingerprint density at radius 1 is 1.39 bits per heavy atom. The summed E-state index contributed by atoms with van der Waals surface area (Å²) < 4.78 is 16.4. The highest BCUT2D eigenvalue weighted by Gasteiger charge is 2.23. The third kappa shape index (κ3) is 6.01. The van der Waals surface area contributed by atoms with E-state index in [1.807, 2.05) is 25.2 Å². The zero-order valence-corrected chi connectivity index (χ0v) is 18.2. The van der Waals surface area contributed by atoms with Gasteiger partial charge in [-0.3, -0.25) is 9.89 Å². The topological polar surface area (TPSA) is 58.6 Å². The fraction of sp³-hybridized carbons (Fsp3) is 0.667. The highest BCUT2D eigenvalue weighted by Crippen LogP contribution is 2.25. The maximum absolute atomic E-state index is 5.55. The molecule has 1 heterocycles. The van der Waals surface area contributed by atoms with Crippen LogP contribution in [0.25, 0.3) is 0 Å². The summed E-state index contributed by atoms with van der Waals surface area (Å²) in [6.45, 7) is 11.4. The second-order valence-corrected chi connectivity index (χ2v) is 7.24. The Morgan fingerprint density at radius 3 is 2.82 bits per heavy atom. The van der Waals surface area contributed by atoms with E-state index in [-0.39, 0.29) is 0 Å². The SMILES string of the molecule is CCNC(=NCC(C)N1CCOCC1C)N(C)Cc1ccc(OC)cc1OC. The summed E-state index contributed by atoms with van der Waals surface area (Å²) >= 11 is 0. The Kier molecular flexibility index (Phi) is 8.86.